The molecule has 0 amide bonds. The average Bonchev–Trinajstić information content (AvgIpc) is 2.47. The maximum Gasteiger partial charge on any atom is 0.225 e. The lowest BCUT2D eigenvalue weighted by Gasteiger charge is -2.20. The molecule has 19 heavy (non-hydrogen) atoms. The highest BCUT2D eigenvalue weighted by Gasteiger charge is 2.11. The minimum Gasteiger partial charge on any atom is -0.337 e. The number of benzene rings is 1. The Hall–Kier alpha value is -2.48. The second-order valence-electron chi connectivity index (χ2n) is 3.98. The van der Waals surface area contributed by atoms with E-state index in [-0.39, 0.29) is 5.82 Å². The number of nitriles is 1. The van der Waals surface area contributed by atoms with E-state index >= 15 is 0 Å². The second kappa shape index (κ2) is 5.91. The molecule has 4 nitrogen and oxygen atoms in total. The number of nitrogens with zero attached hydrogens (tertiary/aromatic N) is 4. The minimum absolute atomic E-state index is 0.320. The monoisotopic (exact) mass is 256 g/mol. The van der Waals surface area contributed by atoms with Crippen LogP contribution in [0.3, 0.4) is 0 Å². The average molecular weight is 256 g/mol. The van der Waals surface area contributed by atoms with E-state index in [1.165, 1.54) is 6.07 Å². The van der Waals surface area contributed by atoms with Gasteiger partial charge in [0.25, 0.3) is 0 Å². The molecule has 1 aromatic carbocycles. The molecule has 1 aromatic heterocycles. The predicted octanol–water partition coefficient (Wildman–Crippen LogP) is 2.51. The Bertz CT molecular complexity index is 592. The molecule has 0 radical (unpaired) electrons. The third kappa shape index (κ3) is 3.05. The molecule has 0 saturated carbocycles. The van der Waals surface area contributed by atoms with Crippen LogP contribution in [0, 0.1) is 17.1 Å². The minimum atomic E-state index is -0.381. The van der Waals surface area contributed by atoms with E-state index in [0.717, 1.165) is 0 Å². The van der Waals surface area contributed by atoms with Crippen molar-refractivity contribution in [2.75, 3.05) is 11.4 Å². The standard InChI is InChI=1S/C14H13FN4/c1-2-19(14-17-6-3-7-18-14)10-12-5-4-11(9-16)8-13(12)15/h3-8H,2,10H2,1H3. The summed E-state index contributed by atoms with van der Waals surface area (Å²) in [7, 11) is 0. The van der Waals surface area contributed by atoms with E-state index in [1.807, 2.05) is 17.9 Å². The van der Waals surface area contributed by atoms with Crippen LogP contribution in [-0.2, 0) is 6.54 Å². The lowest BCUT2D eigenvalue weighted by atomic mass is 10.1. The quantitative estimate of drug-likeness (QED) is 0.843. The van der Waals surface area contributed by atoms with Gasteiger partial charge in [0.1, 0.15) is 5.82 Å². The van der Waals surface area contributed by atoms with E-state index in [9.17, 15) is 4.39 Å². The molecule has 2 aromatic rings. The molecule has 0 N–H and O–H groups in total. The first-order chi connectivity index (χ1) is 9.24. The lowest BCUT2D eigenvalue weighted by Crippen LogP contribution is -2.24. The summed E-state index contributed by atoms with van der Waals surface area (Å²) in [5.74, 6) is 0.183. The van der Waals surface area contributed by atoms with Crippen molar-refractivity contribution >= 4 is 5.95 Å². The summed E-state index contributed by atoms with van der Waals surface area (Å²) in [6.07, 6.45) is 3.31. The van der Waals surface area contributed by atoms with Crippen molar-refractivity contribution in [3.63, 3.8) is 0 Å². The zero-order valence-corrected chi connectivity index (χ0v) is 10.5. The zero-order valence-electron chi connectivity index (χ0n) is 10.5. The second-order valence-corrected chi connectivity index (χ2v) is 3.98. The summed E-state index contributed by atoms with van der Waals surface area (Å²) >= 11 is 0. The first-order valence-corrected chi connectivity index (χ1v) is 5.95. The maximum absolute atomic E-state index is 13.8. The molecule has 0 bridgehead atoms. The summed E-state index contributed by atoms with van der Waals surface area (Å²) in [4.78, 5) is 10.2. The van der Waals surface area contributed by atoms with Crippen molar-refractivity contribution in [3.8, 4) is 6.07 Å². The summed E-state index contributed by atoms with van der Waals surface area (Å²) in [6, 6.07) is 8.13. The molecule has 1 heterocycles. The topological polar surface area (TPSA) is 52.8 Å². The van der Waals surface area contributed by atoms with Gasteiger partial charge in [0, 0.05) is 31.0 Å². The Morgan fingerprint density at radius 1 is 1.32 bits per heavy atom. The van der Waals surface area contributed by atoms with Crippen LogP contribution in [0.5, 0.6) is 0 Å². The van der Waals surface area contributed by atoms with Crippen molar-refractivity contribution in [1.82, 2.24) is 9.97 Å². The van der Waals surface area contributed by atoms with Gasteiger partial charge in [-0.2, -0.15) is 5.26 Å². The molecular formula is C14H13FN4. The van der Waals surface area contributed by atoms with Crippen LogP contribution in [0.25, 0.3) is 0 Å². The molecule has 0 saturated heterocycles. The van der Waals surface area contributed by atoms with Gasteiger partial charge in [0.15, 0.2) is 0 Å². The van der Waals surface area contributed by atoms with Crippen LogP contribution in [0.4, 0.5) is 10.3 Å². The van der Waals surface area contributed by atoms with Gasteiger partial charge in [0.05, 0.1) is 11.6 Å². The van der Waals surface area contributed by atoms with Crippen molar-refractivity contribution in [1.29, 1.82) is 5.26 Å². The van der Waals surface area contributed by atoms with E-state index in [4.69, 9.17) is 5.26 Å². The molecule has 5 heteroatoms. The highest BCUT2D eigenvalue weighted by Crippen LogP contribution is 2.15. The highest BCUT2D eigenvalue weighted by atomic mass is 19.1. The fourth-order valence-electron chi connectivity index (χ4n) is 1.73. The number of aromatic nitrogens is 2. The molecule has 0 spiro atoms. The predicted molar refractivity (Wildman–Crippen MR) is 69.9 cm³/mol. The van der Waals surface area contributed by atoms with E-state index in [2.05, 4.69) is 9.97 Å². The largest absolute Gasteiger partial charge is 0.337 e. The lowest BCUT2D eigenvalue weighted by molar-refractivity contribution is 0.603. The Balaban J connectivity index is 2.22. The Labute approximate surface area is 111 Å². The molecule has 96 valence electrons. The Morgan fingerprint density at radius 3 is 2.63 bits per heavy atom. The van der Waals surface area contributed by atoms with Gasteiger partial charge >= 0.3 is 0 Å². The maximum atomic E-state index is 13.8. The van der Waals surface area contributed by atoms with E-state index < -0.39 is 0 Å². The Kier molecular flexibility index (Phi) is 4.04. The van der Waals surface area contributed by atoms with Crippen LogP contribution < -0.4 is 4.90 Å². The van der Waals surface area contributed by atoms with Crippen molar-refractivity contribution in [2.24, 2.45) is 0 Å². The van der Waals surface area contributed by atoms with Crippen LogP contribution in [0.15, 0.2) is 36.7 Å². The van der Waals surface area contributed by atoms with Gasteiger partial charge in [-0.25, -0.2) is 14.4 Å². The first-order valence-electron chi connectivity index (χ1n) is 5.95. The van der Waals surface area contributed by atoms with Gasteiger partial charge in [-0.1, -0.05) is 6.07 Å². The summed E-state index contributed by atoms with van der Waals surface area (Å²) < 4.78 is 13.8. The van der Waals surface area contributed by atoms with Crippen LogP contribution in [-0.4, -0.2) is 16.5 Å². The first kappa shape index (κ1) is 13.0. The number of hydrogen-bond acceptors (Lipinski definition) is 4. The summed E-state index contributed by atoms with van der Waals surface area (Å²) in [5, 5.41) is 8.71. The summed E-state index contributed by atoms with van der Waals surface area (Å²) in [6.45, 7) is 3.00. The summed E-state index contributed by atoms with van der Waals surface area (Å²) in [5.41, 5.74) is 0.841. The number of halogens is 1. The van der Waals surface area contributed by atoms with Crippen molar-refractivity contribution in [3.05, 3.63) is 53.6 Å². The van der Waals surface area contributed by atoms with Crippen LogP contribution in [0.1, 0.15) is 18.1 Å². The SMILES string of the molecule is CCN(Cc1ccc(C#N)cc1F)c1ncccn1. The molecule has 0 fully saturated rings. The third-order valence-corrected chi connectivity index (χ3v) is 2.76. The van der Waals surface area contributed by atoms with Gasteiger partial charge in [-0.15, -0.1) is 0 Å². The molecular weight excluding hydrogens is 243 g/mol. The number of anilines is 1. The molecule has 0 unspecified atom stereocenters. The fourth-order valence-corrected chi connectivity index (χ4v) is 1.73. The third-order valence-electron chi connectivity index (χ3n) is 2.76. The molecule has 0 aliphatic heterocycles. The fraction of sp³-hybridized carbons (Fsp3) is 0.214. The Morgan fingerprint density at radius 2 is 2.05 bits per heavy atom. The molecule has 0 atom stereocenters. The number of hydrogen-bond donors (Lipinski definition) is 0. The molecule has 2 rings (SSSR count). The van der Waals surface area contributed by atoms with Gasteiger partial charge in [0.2, 0.25) is 5.95 Å². The zero-order chi connectivity index (χ0) is 13.7. The van der Waals surface area contributed by atoms with Crippen LogP contribution in [0.2, 0.25) is 0 Å². The van der Waals surface area contributed by atoms with Gasteiger partial charge in [-0.3, -0.25) is 0 Å². The van der Waals surface area contributed by atoms with E-state index in [1.54, 1.807) is 30.6 Å². The number of rotatable bonds is 4. The van der Waals surface area contributed by atoms with Gasteiger partial charge in [-0.05, 0) is 25.1 Å². The van der Waals surface area contributed by atoms with Crippen molar-refractivity contribution < 1.29 is 4.39 Å². The molecule has 0 aliphatic carbocycles. The van der Waals surface area contributed by atoms with Crippen molar-refractivity contribution in [2.45, 2.75) is 13.5 Å². The normalized spacial score (nSPS) is 9.95. The van der Waals surface area contributed by atoms with Gasteiger partial charge < -0.3 is 4.90 Å². The highest BCUT2D eigenvalue weighted by molar-refractivity contribution is 5.36. The molecule has 0 aliphatic rings. The smallest absolute Gasteiger partial charge is 0.225 e. The van der Waals surface area contributed by atoms with E-state index in [0.29, 0.717) is 30.2 Å². The van der Waals surface area contributed by atoms with Crippen LogP contribution >= 0.6 is 0 Å².